The second-order valence-corrected chi connectivity index (χ2v) is 10.7. The fourth-order valence-corrected chi connectivity index (χ4v) is 5.48. The highest BCUT2D eigenvalue weighted by Gasteiger charge is 2.41. The van der Waals surface area contributed by atoms with Crippen LogP contribution in [0.2, 0.25) is 13.1 Å². The van der Waals surface area contributed by atoms with E-state index in [4.69, 9.17) is 9.47 Å². The van der Waals surface area contributed by atoms with Crippen molar-refractivity contribution in [2.24, 2.45) is 0 Å². The van der Waals surface area contributed by atoms with E-state index in [0.717, 1.165) is 5.56 Å². The predicted molar refractivity (Wildman–Crippen MR) is 110 cm³/mol. The van der Waals surface area contributed by atoms with E-state index in [-0.39, 0.29) is 11.8 Å². The van der Waals surface area contributed by atoms with Gasteiger partial charge in [-0.15, -0.1) is 0 Å². The summed E-state index contributed by atoms with van der Waals surface area (Å²) in [4.78, 5) is 0. The molecule has 0 radical (unpaired) electrons. The van der Waals surface area contributed by atoms with E-state index < -0.39 is 20.2 Å². The number of rotatable bonds is 9. The SMILES string of the molecule is CCC(O)(c1cc(F)cc(OCc2ccccc2)c1)C(OC(C)C)[SiH](C)C. The zero-order valence-electron chi connectivity index (χ0n) is 16.9. The van der Waals surface area contributed by atoms with Crippen molar-refractivity contribution in [1.29, 1.82) is 0 Å². The second kappa shape index (κ2) is 9.49. The molecule has 0 spiro atoms. The Balaban J connectivity index is 2.32. The number of halogens is 1. The van der Waals surface area contributed by atoms with Gasteiger partial charge < -0.3 is 14.6 Å². The summed E-state index contributed by atoms with van der Waals surface area (Å²) in [5, 5.41) is 11.5. The van der Waals surface area contributed by atoms with Gasteiger partial charge in [0.05, 0.1) is 20.6 Å². The van der Waals surface area contributed by atoms with Gasteiger partial charge in [0.1, 0.15) is 23.8 Å². The molecule has 0 aromatic heterocycles. The molecule has 0 heterocycles. The van der Waals surface area contributed by atoms with Crippen LogP contribution in [0.1, 0.15) is 38.3 Å². The molecule has 0 saturated carbocycles. The number of aliphatic hydroxyl groups is 1. The van der Waals surface area contributed by atoms with Gasteiger partial charge >= 0.3 is 0 Å². The van der Waals surface area contributed by atoms with E-state index in [9.17, 15) is 9.50 Å². The van der Waals surface area contributed by atoms with Gasteiger partial charge in [0, 0.05) is 6.07 Å². The lowest BCUT2D eigenvalue weighted by molar-refractivity contribution is -0.0988. The van der Waals surface area contributed by atoms with Crippen LogP contribution >= 0.6 is 0 Å². The zero-order valence-corrected chi connectivity index (χ0v) is 18.1. The maximum Gasteiger partial charge on any atom is 0.127 e. The minimum absolute atomic E-state index is 0.00895. The molecule has 5 heteroatoms. The fraction of sp³-hybridized carbons (Fsp3) is 0.455. The Hall–Kier alpha value is -1.69. The molecule has 148 valence electrons. The van der Waals surface area contributed by atoms with E-state index in [1.807, 2.05) is 51.1 Å². The smallest absolute Gasteiger partial charge is 0.127 e. The van der Waals surface area contributed by atoms with Gasteiger partial charge in [-0.25, -0.2) is 4.39 Å². The van der Waals surface area contributed by atoms with Crippen LogP contribution in [0.15, 0.2) is 48.5 Å². The molecule has 2 rings (SSSR count). The zero-order chi connectivity index (χ0) is 20.0. The molecule has 1 N–H and O–H groups in total. The van der Waals surface area contributed by atoms with Crippen LogP contribution in [0.5, 0.6) is 5.75 Å². The van der Waals surface area contributed by atoms with Gasteiger partial charge in [0.25, 0.3) is 0 Å². The molecular weight excluding hydrogens is 359 g/mol. The summed E-state index contributed by atoms with van der Waals surface area (Å²) < 4.78 is 26.2. The first-order valence-corrected chi connectivity index (χ1v) is 12.6. The van der Waals surface area contributed by atoms with Crippen LogP contribution in [-0.2, 0) is 16.9 Å². The minimum Gasteiger partial charge on any atom is -0.489 e. The van der Waals surface area contributed by atoms with E-state index in [1.54, 1.807) is 6.07 Å². The van der Waals surface area contributed by atoms with Crippen molar-refractivity contribution in [3.05, 3.63) is 65.5 Å². The summed E-state index contributed by atoms with van der Waals surface area (Å²) in [5.41, 5.74) is -0.0340. The van der Waals surface area contributed by atoms with Crippen LogP contribution in [0.4, 0.5) is 4.39 Å². The van der Waals surface area contributed by atoms with E-state index in [2.05, 4.69) is 13.1 Å². The van der Waals surface area contributed by atoms with Crippen LogP contribution < -0.4 is 4.74 Å². The Morgan fingerprint density at radius 1 is 1.11 bits per heavy atom. The van der Waals surface area contributed by atoms with Crippen molar-refractivity contribution in [1.82, 2.24) is 0 Å². The van der Waals surface area contributed by atoms with Crippen molar-refractivity contribution >= 4 is 8.80 Å². The topological polar surface area (TPSA) is 38.7 Å². The van der Waals surface area contributed by atoms with Crippen LogP contribution in [0.3, 0.4) is 0 Å². The van der Waals surface area contributed by atoms with Crippen molar-refractivity contribution < 1.29 is 19.0 Å². The summed E-state index contributed by atoms with van der Waals surface area (Å²) in [6.45, 7) is 10.4. The highest BCUT2D eigenvalue weighted by atomic mass is 28.3. The van der Waals surface area contributed by atoms with Gasteiger partial charge in [0.15, 0.2) is 0 Å². The molecule has 3 nitrogen and oxygen atoms in total. The van der Waals surface area contributed by atoms with Crippen LogP contribution in [0, 0.1) is 5.82 Å². The molecule has 2 aromatic carbocycles. The average Bonchev–Trinajstić information content (AvgIpc) is 2.64. The Kier molecular flexibility index (Phi) is 7.59. The van der Waals surface area contributed by atoms with E-state index in [0.29, 0.717) is 24.3 Å². The molecule has 2 unspecified atom stereocenters. The monoisotopic (exact) mass is 390 g/mol. The van der Waals surface area contributed by atoms with Gasteiger partial charge in [-0.05, 0) is 43.5 Å². The first-order chi connectivity index (χ1) is 12.8. The Morgan fingerprint density at radius 3 is 2.33 bits per heavy atom. The molecule has 2 aromatic rings. The molecule has 0 bridgehead atoms. The van der Waals surface area contributed by atoms with Crippen molar-refractivity contribution in [2.75, 3.05) is 0 Å². The van der Waals surface area contributed by atoms with E-state index in [1.165, 1.54) is 12.1 Å². The Morgan fingerprint density at radius 2 is 1.78 bits per heavy atom. The molecule has 0 aliphatic carbocycles. The third kappa shape index (κ3) is 5.64. The first-order valence-electron chi connectivity index (χ1n) is 9.62. The van der Waals surface area contributed by atoms with Gasteiger partial charge in [0.2, 0.25) is 0 Å². The number of benzene rings is 2. The number of hydrogen-bond acceptors (Lipinski definition) is 3. The number of ether oxygens (including phenoxy) is 2. The molecule has 0 fully saturated rings. The van der Waals surface area contributed by atoms with Crippen LogP contribution in [-0.4, -0.2) is 25.7 Å². The largest absolute Gasteiger partial charge is 0.489 e. The highest BCUT2D eigenvalue weighted by Crippen LogP contribution is 2.35. The van der Waals surface area contributed by atoms with E-state index >= 15 is 0 Å². The standard InChI is InChI=1S/C22H31FO3Si/c1-6-22(24,21(27(4)5)26-16(2)3)18-12-19(23)14-20(13-18)25-15-17-10-8-7-9-11-17/h7-14,16,21,24,27H,6,15H2,1-5H3. The van der Waals surface area contributed by atoms with Gasteiger partial charge in [-0.1, -0.05) is 50.3 Å². The Bertz CT molecular complexity index is 721. The third-order valence-corrected chi connectivity index (χ3v) is 6.57. The molecular formula is C22H31FO3Si. The minimum atomic E-state index is -1.39. The first kappa shape index (κ1) is 21.6. The Labute approximate surface area is 163 Å². The average molecular weight is 391 g/mol. The third-order valence-electron chi connectivity index (χ3n) is 4.65. The lowest BCUT2D eigenvalue weighted by Crippen LogP contribution is -2.49. The lowest BCUT2D eigenvalue weighted by Gasteiger charge is -2.39. The summed E-state index contributed by atoms with van der Waals surface area (Å²) in [5.74, 6) is -0.00870. The summed E-state index contributed by atoms with van der Waals surface area (Å²) in [7, 11) is -1.39. The molecule has 27 heavy (non-hydrogen) atoms. The summed E-state index contributed by atoms with van der Waals surface area (Å²) in [6, 6.07) is 14.2. The summed E-state index contributed by atoms with van der Waals surface area (Å²) in [6.07, 6.45) is 0.433. The molecule has 0 aliphatic heterocycles. The van der Waals surface area contributed by atoms with Crippen LogP contribution in [0.25, 0.3) is 0 Å². The summed E-state index contributed by atoms with van der Waals surface area (Å²) >= 11 is 0. The normalized spacial score (nSPS) is 15.0. The fourth-order valence-electron chi connectivity index (χ4n) is 3.32. The quantitative estimate of drug-likeness (QED) is 0.624. The van der Waals surface area contributed by atoms with Gasteiger partial charge in [-0.3, -0.25) is 0 Å². The molecule has 2 atom stereocenters. The highest BCUT2D eigenvalue weighted by molar-refractivity contribution is 6.57. The molecule has 0 aliphatic rings. The predicted octanol–water partition coefficient (Wildman–Crippen LogP) is 4.82. The maximum absolute atomic E-state index is 14.3. The molecule has 0 amide bonds. The van der Waals surface area contributed by atoms with Crippen molar-refractivity contribution in [2.45, 2.75) is 64.3 Å². The lowest BCUT2D eigenvalue weighted by atomic mass is 9.91. The second-order valence-electron chi connectivity index (χ2n) is 7.58. The van der Waals surface area contributed by atoms with Gasteiger partial charge in [-0.2, -0.15) is 0 Å². The number of hydrogen-bond donors (Lipinski definition) is 1. The molecule has 0 saturated heterocycles. The maximum atomic E-state index is 14.3. The van der Waals surface area contributed by atoms with Crippen molar-refractivity contribution in [3.8, 4) is 5.75 Å². The van der Waals surface area contributed by atoms with Crippen molar-refractivity contribution in [3.63, 3.8) is 0 Å².